The number of carbonyl (C=O) groups is 3. The van der Waals surface area contributed by atoms with Crippen LogP contribution in [0.5, 0.6) is 0 Å². The quantitative estimate of drug-likeness (QED) is 0.419. The van der Waals surface area contributed by atoms with Gasteiger partial charge in [-0.05, 0) is 56.1 Å². The molecule has 2 bridgehead atoms. The molecule has 3 atom stereocenters. The third kappa shape index (κ3) is 5.43. The Morgan fingerprint density at radius 3 is 2.14 bits per heavy atom. The first-order chi connectivity index (χ1) is 20.2. The van der Waals surface area contributed by atoms with Gasteiger partial charge in [0.1, 0.15) is 5.54 Å². The van der Waals surface area contributed by atoms with Crippen LogP contribution in [-0.2, 0) is 16.1 Å². The standard InChI is InChI=1S/C33H40F2N4O3/c1-37-30(41)32(39(31(37)42)22-23-8-4-2-5-9-23)20-26-12-13-27(21-32)38(26)19-16-28(24-10-6-3-7-11-24)36-29(40)25-14-17-33(34,35)18-15-25/h2-11,25-28H,12-22H2,1H3,(H,36,40)/t26?,27?,28-,32?/m0/s1. The second kappa shape index (κ2) is 11.4. The molecule has 4 amide bonds. The largest absolute Gasteiger partial charge is 0.349 e. The molecule has 7 nitrogen and oxygen atoms in total. The van der Waals surface area contributed by atoms with Gasteiger partial charge >= 0.3 is 6.03 Å². The number of hydrogen-bond donors (Lipinski definition) is 1. The van der Waals surface area contributed by atoms with E-state index >= 15 is 0 Å². The van der Waals surface area contributed by atoms with E-state index in [1.165, 1.54) is 4.90 Å². The molecule has 2 aromatic rings. The number of piperidine rings is 1. The predicted molar refractivity (Wildman–Crippen MR) is 154 cm³/mol. The van der Waals surface area contributed by atoms with Crippen molar-refractivity contribution < 1.29 is 23.2 Å². The molecule has 4 aliphatic rings. The lowest BCUT2D eigenvalue weighted by Gasteiger charge is -2.47. The maximum atomic E-state index is 13.7. The molecule has 224 valence electrons. The van der Waals surface area contributed by atoms with E-state index in [2.05, 4.69) is 10.2 Å². The fraction of sp³-hybridized carbons (Fsp3) is 0.545. The number of urea groups is 1. The summed E-state index contributed by atoms with van der Waals surface area (Å²) in [7, 11) is 1.59. The van der Waals surface area contributed by atoms with E-state index in [1.807, 2.05) is 60.7 Å². The predicted octanol–water partition coefficient (Wildman–Crippen LogP) is 5.52. The van der Waals surface area contributed by atoms with Crippen LogP contribution in [0.4, 0.5) is 13.6 Å². The van der Waals surface area contributed by atoms with Crippen LogP contribution in [0.2, 0.25) is 0 Å². The number of carbonyl (C=O) groups excluding carboxylic acids is 3. The summed E-state index contributed by atoms with van der Waals surface area (Å²) in [4.78, 5) is 45.7. The molecule has 1 spiro atoms. The minimum Gasteiger partial charge on any atom is -0.349 e. The van der Waals surface area contributed by atoms with Gasteiger partial charge in [0.2, 0.25) is 11.8 Å². The van der Waals surface area contributed by atoms with Crippen LogP contribution in [0.3, 0.4) is 0 Å². The molecular weight excluding hydrogens is 538 g/mol. The normalized spacial score (nSPS) is 28.5. The Balaban J connectivity index is 1.16. The zero-order chi connectivity index (χ0) is 29.5. The molecule has 3 aliphatic heterocycles. The molecule has 0 aromatic heterocycles. The van der Waals surface area contributed by atoms with Crippen molar-refractivity contribution in [1.82, 2.24) is 20.0 Å². The van der Waals surface area contributed by atoms with Crippen molar-refractivity contribution in [2.45, 2.75) is 93.9 Å². The highest BCUT2D eigenvalue weighted by molar-refractivity contribution is 6.07. The van der Waals surface area contributed by atoms with Crippen LogP contribution in [0, 0.1) is 5.92 Å². The van der Waals surface area contributed by atoms with Gasteiger partial charge in [0.25, 0.3) is 5.91 Å². The molecule has 1 saturated carbocycles. The number of nitrogens with zero attached hydrogens (tertiary/aromatic N) is 3. The second-order valence-electron chi connectivity index (χ2n) is 12.7. The summed E-state index contributed by atoms with van der Waals surface area (Å²) in [6.07, 6.45) is 3.76. The van der Waals surface area contributed by atoms with Gasteiger partial charge in [-0.1, -0.05) is 60.7 Å². The molecular formula is C33H40F2N4O3. The van der Waals surface area contributed by atoms with Crippen LogP contribution < -0.4 is 5.32 Å². The van der Waals surface area contributed by atoms with Gasteiger partial charge in [-0.2, -0.15) is 0 Å². The lowest BCUT2D eigenvalue weighted by atomic mass is 9.81. The number of likely N-dealkylation sites (N-methyl/N-ethyl adjacent to an activating group) is 1. The third-order valence-corrected chi connectivity index (χ3v) is 10.1. The molecule has 4 fully saturated rings. The Bertz CT molecular complexity index is 1280. The van der Waals surface area contributed by atoms with Crippen LogP contribution in [0.25, 0.3) is 0 Å². The lowest BCUT2D eigenvalue weighted by Crippen LogP contribution is -2.60. The fourth-order valence-electron chi connectivity index (χ4n) is 7.82. The Morgan fingerprint density at radius 1 is 0.929 bits per heavy atom. The van der Waals surface area contributed by atoms with E-state index in [0.717, 1.165) is 30.5 Å². The van der Waals surface area contributed by atoms with E-state index in [9.17, 15) is 23.2 Å². The van der Waals surface area contributed by atoms with Gasteiger partial charge in [0, 0.05) is 51.0 Å². The summed E-state index contributed by atoms with van der Waals surface area (Å²) >= 11 is 0. The van der Waals surface area contributed by atoms with Gasteiger partial charge in [-0.25, -0.2) is 13.6 Å². The number of rotatable bonds is 8. The zero-order valence-corrected chi connectivity index (χ0v) is 24.2. The third-order valence-electron chi connectivity index (χ3n) is 10.1. The van der Waals surface area contributed by atoms with Crippen molar-refractivity contribution in [3.63, 3.8) is 0 Å². The molecule has 9 heteroatoms. The molecule has 2 aromatic carbocycles. The van der Waals surface area contributed by atoms with E-state index in [1.54, 1.807) is 11.9 Å². The maximum absolute atomic E-state index is 13.7. The highest BCUT2D eigenvalue weighted by atomic mass is 19.3. The molecule has 0 radical (unpaired) electrons. The Morgan fingerprint density at radius 2 is 1.52 bits per heavy atom. The molecule has 3 heterocycles. The Hall–Kier alpha value is -3.33. The van der Waals surface area contributed by atoms with Gasteiger partial charge < -0.3 is 10.2 Å². The smallest absolute Gasteiger partial charge is 0.327 e. The first kappa shape index (κ1) is 28.8. The van der Waals surface area contributed by atoms with Crippen LogP contribution >= 0.6 is 0 Å². The highest BCUT2D eigenvalue weighted by Gasteiger charge is 2.61. The van der Waals surface area contributed by atoms with Crippen LogP contribution in [0.1, 0.15) is 75.0 Å². The summed E-state index contributed by atoms with van der Waals surface area (Å²) < 4.78 is 27.4. The highest BCUT2D eigenvalue weighted by Crippen LogP contribution is 2.48. The minimum absolute atomic E-state index is 0.104. The fourth-order valence-corrected chi connectivity index (χ4v) is 7.82. The van der Waals surface area contributed by atoms with Crippen molar-refractivity contribution in [3.05, 3.63) is 71.8 Å². The van der Waals surface area contributed by atoms with E-state index < -0.39 is 11.5 Å². The number of nitrogens with one attached hydrogen (secondary N) is 1. The van der Waals surface area contributed by atoms with Crippen molar-refractivity contribution in [2.75, 3.05) is 13.6 Å². The van der Waals surface area contributed by atoms with Crippen molar-refractivity contribution in [2.24, 2.45) is 5.92 Å². The van der Waals surface area contributed by atoms with Crippen molar-refractivity contribution in [1.29, 1.82) is 0 Å². The zero-order valence-electron chi connectivity index (χ0n) is 24.2. The molecule has 1 aliphatic carbocycles. The average molecular weight is 579 g/mol. The molecule has 42 heavy (non-hydrogen) atoms. The topological polar surface area (TPSA) is 73.0 Å². The average Bonchev–Trinajstić information content (AvgIpc) is 3.33. The van der Waals surface area contributed by atoms with Crippen molar-refractivity contribution in [3.8, 4) is 0 Å². The summed E-state index contributed by atoms with van der Waals surface area (Å²) in [5, 5.41) is 3.20. The van der Waals surface area contributed by atoms with Crippen LogP contribution in [0.15, 0.2) is 60.7 Å². The Labute approximate surface area is 246 Å². The number of benzene rings is 2. The summed E-state index contributed by atoms with van der Waals surface area (Å²) in [6, 6.07) is 19.5. The van der Waals surface area contributed by atoms with Gasteiger partial charge in [-0.3, -0.25) is 19.4 Å². The van der Waals surface area contributed by atoms with Gasteiger partial charge in [0.05, 0.1) is 6.04 Å². The van der Waals surface area contributed by atoms with Crippen LogP contribution in [-0.4, -0.2) is 69.7 Å². The molecule has 3 saturated heterocycles. The van der Waals surface area contributed by atoms with Gasteiger partial charge in [0.15, 0.2) is 0 Å². The molecule has 2 unspecified atom stereocenters. The molecule has 6 rings (SSSR count). The number of halogens is 2. The number of alkyl halides is 2. The SMILES string of the molecule is CN1C(=O)N(Cc2ccccc2)C2(CC3CCC(C2)N3CC[C@H](NC(=O)C2CCC(F)(F)CC2)c2ccccc2)C1=O. The number of hydrogen-bond acceptors (Lipinski definition) is 4. The summed E-state index contributed by atoms with van der Waals surface area (Å²) in [6.45, 7) is 1.15. The summed E-state index contributed by atoms with van der Waals surface area (Å²) in [5.41, 5.74) is 1.17. The maximum Gasteiger partial charge on any atom is 0.327 e. The van der Waals surface area contributed by atoms with Gasteiger partial charge in [-0.15, -0.1) is 0 Å². The van der Waals surface area contributed by atoms with Crippen molar-refractivity contribution >= 4 is 17.8 Å². The first-order valence-electron chi connectivity index (χ1n) is 15.3. The second-order valence-corrected chi connectivity index (χ2v) is 12.7. The molecule has 1 N–H and O–H groups in total. The first-order valence-corrected chi connectivity index (χ1v) is 15.3. The van der Waals surface area contributed by atoms with E-state index in [4.69, 9.17) is 0 Å². The number of amides is 4. The number of imide groups is 1. The Kier molecular flexibility index (Phi) is 7.81. The van der Waals surface area contributed by atoms with E-state index in [-0.39, 0.29) is 67.6 Å². The summed E-state index contributed by atoms with van der Waals surface area (Å²) in [5.74, 6) is -3.31. The van der Waals surface area contributed by atoms with E-state index in [0.29, 0.717) is 25.8 Å². The minimum atomic E-state index is -2.67. The monoisotopic (exact) mass is 578 g/mol. The number of fused-ring (bicyclic) bond motifs is 2. The lowest BCUT2D eigenvalue weighted by molar-refractivity contribution is -0.137.